The van der Waals surface area contributed by atoms with E-state index in [1.807, 2.05) is 86.7 Å². The second kappa shape index (κ2) is 13.1. The molecule has 3 aromatic carbocycles. The normalized spacial score (nSPS) is 12.6. The number of benzene rings is 3. The predicted molar refractivity (Wildman–Crippen MR) is 136 cm³/mol. The largest absolute Gasteiger partial charge is 0.353 e. The predicted octanol–water partition coefficient (Wildman–Crippen LogP) is 6.44. The summed E-state index contributed by atoms with van der Waals surface area (Å²) < 4.78 is 0. The van der Waals surface area contributed by atoms with Crippen LogP contribution in [0.25, 0.3) is 6.08 Å². The van der Waals surface area contributed by atoms with Gasteiger partial charge in [0.1, 0.15) is 5.69 Å². The third-order valence-corrected chi connectivity index (χ3v) is 5.61. The number of rotatable bonds is 6. The summed E-state index contributed by atoms with van der Waals surface area (Å²) in [6, 6.07) is 23.7. The van der Waals surface area contributed by atoms with Gasteiger partial charge in [0.25, 0.3) is 0 Å². The molecule has 3 rings (SSSR count). The summed E-state index contributed by atoms with van der Waals surface area (Å²) in [7, 11) is 0. The fourth-order valence-corrected chi connectivity index (χ4v) is 3.72. The minimum absolute atomic E-state index is 0.0225. The molecular weight excluding hydrogens is 439 g/mol. The number of halogens is 2. The Morgan fingerprint density at radius 2 is 1.53 bits per heavy atom. The van der Waals surface area contributed by atoms with Crippen LogP contribution in [0.4, 0.5) is 5.69 Å². The average Bonchev–Trinajstić information content (AvgIpc) is 2.76. The highest BCUT2D eigenvalue weighted by Crippen LogP contribution is 2.26. The molecule has 0 saturated heterocycles. The van der Waals surface area contributed by atoms with Crippen molar-refractivity contribution in [1.82, 2.24) is 5.32 Å². The molecule has 2 atom stereocenters. The van der Waals surface area contributed by atoms with Crippen LogP contribution in [0, 0.1) is 0 Å². The number of carbonyl (C=O) groups excluding carboxylic acids is 1. The zero-order valence-corrected chi connectivity index (χ0v) is 20.3. The van der Waals surface area contributed by atoms with E-state index < -0.39 is 0 Å². The number of quaternary nitrogens is 1. The lowest BCUT2D eigenvalue weighted by Gasteiger charge is -2.25. The summed E-state index contributed by atoms with van der Waals surface area (Å²) in [5.41, 5.74) is 8.51. The van der Waals surface area contributed by atoms with Gasteiger partial charge >= 0.3 is 0 Å². The average molecular weight is 470 g/mol. The third-order valence-electron chi connectivity index (χ3n) is 5.10. The molecule has 3 aromatic rings. The molecule has 168 valence electrons. The van der Waals surface area contributed by atoms with Gasteiger partial charge in [0.05, 0.1) is 0 Å². The van der Waals surface area contributed by atoms with Gasteiger partial charge in [-0.2, -0.15) is 0 Å². The third kappa shape index (κ3) is 8.51. The van der Waals surface area contributed by atoms with Gasteiger partial charge in [-0.25, -0.2) is 0 Å². The Balaban J connectivity index is 0.000000303. The zero-order valence-electron chi connectivity index (χ0n) is 18.8. The van der Waals surface area contributed by atoms with Crippen molar-refractivity contribution in [2.24, 2.45) is 0 Å². The quantitative estimate of drug-likeness (QED) is 0.428. The van der Waals surface area contributed by atoms with E-state index in [1.165, 1.54) is 18.1 Å². The molecule has 0 aliphatic rings. The Morgan fingerprint density at radius 1 is 0.969 bits per heavy atom. The molecule has 32 heavy (non-hydrogen) atoms. The maximum absolute atomic E-state index is 11.4. The Labute approximate surface area is 201 Å². The minimum Gasteiger partial charge on any atom is -0.353 e. The lowest BCUT2D eigenvalue weighted by Crippen LogP contribution is -2.40. The van der Waals surface area contributed by atoms with Crippen LogP contribution in [0.1, 0.15) is 43.4 Å². The molecule has 0 aliphatic heterocycles. The number of allylic oxidation sites excluding steroid dienone is 1. The molecule has 0 aliphatic carbocycles. The smallest absolute Gasteiger partial charge is 0.217 e. The standard InChI is InChI=1S/C18H19Cl2NO.C9H11N/c1-12(21-13(2)22)18(15-5-9-17(20)10-6-15)11-14-3-7-16(19)8-4-14;1-2-5-8-6-3-4-7-9(8)10/h3-10,12,18H,11H2,1-2H3,(H,21,22);2-7H,10H2,1H3/p+1/b;5-2-/t12?,18-;/m0./s1. The summed E-state index contributed by atoms with van der Waals surface area (Å²) >= 11 is 11.9. The number of carbonyl (C=O) groups is 1. The van der Waals surface area contributed by atoms with Crippen molar-refractivity contribution in [1.29, 1.82) is 0 Å². The Hall–Kier alpha value is -2.59. The van der Waals surface area contributed by atoms with Crippen molar-refractivity contribution in [3.8, 4) is 0 Å². The number of hydrogen-bond acceptors (Lipinski definition) is 1. The van der Waals surface area contributed by atoms with E-state index in [4.69, 9.17) is 23.2 Å². The minimum atomic E-state index is -0.0254. The Morgan fingerprint density at radius 3 is 2.06 bits per heavy atom. The molecular formula is C27H31Cl2N2O+. The van der Waals surface area contributed by atoms with Crippen LogP contribution < -0.4 is 11.1 Å². The SMILES string of the molecule is C/C=C\c1ccccc1[NH3+].CC(=O)NC(C)[C@H](Cc1ccc(Cl)cc1)c1ccc(Cl)cc1. The molecule has 1 amide bonds. The second-order valence-electron chi connectivity index (χ2n) is 7.68. The van der Waals surface area contributed by atoms with Crippen LogP contribution in [0.2, 0.25) is 10.0 Å². The zero-order chi connectivity index (χ0) is 23.5. The van der Waals surface area contributed by atoms with E-state index in [0.717, 1.165) is 22.7 Å². The fourth-order valence-electron chi connectivity index (χ4n) is 3.47. The highest BCUT2D eigenvalue weighted by Gasteiger charge is 2.20. The van der Waals surface area contributed by atoms with Crippen LogP contribution >= 0.6 is 23.2 Å². The summed E-state index contributed by atoms with van der Waals surface area (Å²) in [5, 5.41) is 4.42. The van der Waals surface area contributed by atoms with Crippen LogP contribution in [0.3, 0.4) is 0 Å². The summed E-state index contributed by atoms with van der Waals surface area (Å²) in [5.74, 6) is 0.143. The number of amides is 1. The lowest BCUT2D eigenvalue weighted by atomic mass is 9.86. The molecule has 1 unspecified atom stereocenters. The second-order valence-corrected chi connectivity index (χ2v) is 8.55. The molecule has 0 saturated carbocycles. The van der Waals surface area contributed by atoms with Gasteiger partial charge in [-0.15, -0.1) is 0 Å². The van der Waals surface area contributed by atoms with Crippen molar-refractivity contribution >= 4 is 40.9 Å². The Kier molecular flexibility index (Phi) is 10.5. The first-order valence-corrected chi connectivity index (χ1v) is 11.4. The summed E-state index contributed by atoms with van der Waals surface area (Å²) in [6.07, 6.45) is 4.90. The maximum atomic E-state index is 11.4. The van der Waals surface area contributed by atoms with Crippen molar-refractivity contribution < 1.29 is 10.5 Å². The highest BCUT2D eigenvalue weighted by atomic mass is 35.5. The van der Waals surface area contributed by atoms with Gasteiger partial charge in [-0.3, -0.25) is 4.79 Å². The van der Waals surface area contributed by atoms with Gasteiger partial charge in [-0.1, -0.05) is 71.8 Å². The first kappa shape index (κ1) is 25.7. The van der Waals surface area contributed by atoms with Gasteiger partial charge < -0.3 is 11.1 Å². The summed E-state index contributed by atoms with van der Waals surface area (Å²) in [6.45, 7) is 5.57. The first-order chi connectivity index (χ1) is 15.3. The van der Waals surface area contributed by atoms with E-state index in [1.54, 1.807) is 0 Å². The van der Waals surface area contributed by atoms with Crippen LogP contribution in [0.15, 0.2) is 78.9 Å². The van der Waals surface area contributed by atoms with Crippen molar-refractivity contribution in [3.05, 3.63) is 106 Å². The number of hydrogen-bond donors (Lipinski definition) is 2. The van der Waals surface area contributed by atoms with Crippen molar-refractivity contribution in [3.63, 3.8) is 0 Å². The van der Waals surface area contributed by atoms with Gasteiger partial charge in [0.2, 0.25) is 5.91 Å². The van der Waals surface area contributed by atoms with E-state index >= 15 is 0 Å². The molecule has 3 nitrogen and oxygen atoms in total. The lowest BCUT2D eigenvalue weighted by molar-refractivity contribution is -0.255. The van der Waals surface area contributed by atoms with E-state index in [2.05, 4.69) is 23.2 Å². The van der Waals surface area contributed by atoms with E-state index in [9.17, 15) is 4.79 Å². The molecule has 5 heteroatoms. The van der Waals surface area contributed by atoms with Crippen molar-refractivity contribution in [2.45, 2.75) is 39.2 Å². The molecule has 0 heterocycles. The molecule has 0 spiro atoms. The molecule has 0 fully saturated rings. The molecule has 0 aromatic heterocycles. The molecule has 4 N–H and O–H groups in total. The summed E-state index contributed by atoms with van der Waals surface area (Å²) in [4.78, 5) is 11.4. The Bertz CT molecular complexity index is 1010. The highest BCUT2D eigenvalue weighted by molar-refractivity contribution is 6.30. The topological polar surface area (TPSA) is 56.7 Å². The molecule has 0 bridgehead atoms. The van der Waals surface area contributed by atoms with Crippen LogP contribution in [-0.4, -0.2) is 11.9 Å². The van der Waals surface area contributed by atoms with Crippen molar-refractivity contribution in [2.75, 3.05) is 0 Å². The monoisotopic (exact) mass is 469 g/mol. The van der Waals surface area contributed by atoms with Crippen LogP contribution in [-0.2, 0) is 11.2 Å². The first-order valence-electron chi connectivity index (χ1n) is 10.6. The van der Waals surface area contributed by atoms with Gasteiger partial charge in [0.15, 0.2) is 0 Å². The van der Waals surface area contributed by atoms with E-state index in [-0.39, 0.29) is 17.9 Å². The van der Waals surface area contributed by atoms with Crippen LogP contribution in [0.5, 0.6) is 0 Å². The molecule has 0 radical (unpaired) electrons. The number of nitrogens with one attached hydrogen (secondary N) is 1. The van der Waals surface area contributed by atoms with Gasteiger partial charge in [0, 0.05) is 34.5 Å². The van der Waals surface area contributed by atoms with Gasteiger partial charge in [-0.05, 0) is 67.8 Å². The maximum Gasteiger partial charge on any atom is 0.217 e. The fraction of sp³-hybridized carbons (Fsp3) is 0.222. The van der Waals surface area contributed by atoms with E-state index in [0.29, 0.717) is 5.02 Å².